The van der Waals surface area contributed by atoms with Crippen molar-refractivity contribution in [1.82, 2.24) is 9.97 Å². The summed E-state index contributed by atoms with van der Waals surface area (Å²) in [6, 6.07) is 0. The van der Waals surface area contributed by atoms with Crippen LogP contribution in [-0.4, -0.2) is 25.8 Å². The van der Waals surface area contributed by atoms with Crippen LogP contribution in [0, 0.1) is 6.92 Å². The summed E-state index contributed by atoms with van der Waals surface area (Å²) in [6.07, 6.45) is 0.165. The molecule has 0 aliphatic rings. The fraction of sp³-hybridized carbons (Fsp3) is 0.615. The van der Waals surface area contributed by atoms with E-state index in [4.69, 9.17) is 5.11 Å². The predicted octanol–water partition coefficient (Wildman–Crippen LogP) is 2.13. The molecule has 1 rings (SSSR count). The summed E-state index contributed by atoms with van der Waals surface area (Å²) in [5, 5.41) is 8.65. The average Bonchev–Trinajstić information content (AvgIpc) is 2.23. The van der Waals surface area contributed by atoms with Gasteiger partial charge >= 0.3 is 5.97 Å². The zero-order valence-electron chi connectivity index (χ0n) is 11.7. The molecule has 0 amide bonds. The third-order valence-electron chi connectivity index (χ3n) is 2.50. The van der Waals surface area contributed by atoms with Crippen LogP contribution in [0.5, 0.6) is 0 Å². The summed E-state index contributed by atoms with van der Waals surface area (Å²) in [4.78, 5) is 29.5. The van der Waals surface area contributed by atoms with E-state index in [1.807, 2.05) is 0 Å². The highest BCUT2D eigenvalue weighted by atomic mass is 32.2. The van der Waals surface area contributed by atoms with E-state index in [0.29, 0.717) is 22.8 Å². The first-order valence-electron chi connectivity index (χ1n) is 6.13. The van der Waals surface area contributed by atoms with Gasteiger partial charge in [-0.1, -0.05) is 20.8 Å². The Bertz CT molecular complexity index is 518. The zero-order valence-corrected chi connectivity index (χ0v) is 12.6. The molecule has 1 aromatic rings. The van der Waals surface area contributed by atoms with Gasteiger partial charge in [-0.2, -0.15) is 0 Å². The number of aliphatic carboxylic acids is 1. The molecular formula is C13H20N2O3S. The number of aromatic amines is 1. The topological polar surface area (TPSA) is 83.0 Å². The van der Waals surface area contributed by atoms with Crippen molar-refractivity contribution in [3.8, 4) is 0 Å². The van der Waals surface area contributed by atoms with Gasteiger partial charge in [0.25, 0.3) is 5.56 Å². The molecule has 2 N–H and O–H groups in total. The van der Waals surface area contributed by atoms with Gasteiger partial charge in [-0.15, -0.1) is 11.8 Å². The fourth-order valence-corrected chi connectivity index (χ4v) is 2.25. The maximum atomic E-state index is 11.9. The highest BCUT2D eigenvalue weighted by molar-refractivity contribution is 7.99. The van der Waals surface area contributed by atoms with Crippen molar-refractivity contribution in [3.63, 3.8) is 0 Å². The van der Waals surface area contributed by atoms with E-state index in [1.54, 1.807) is 18.7 Å². The number of hydrogen-bond donors (Lipinski definition) is 2. The Labute approximate surface area is 116 Å². The summed E-state index contributed by atoms with van der Waals surface area (Å²) in [5.41, 5.74) is 0.861. The highest BCUT2D eigenvalue weighted by Crippen LogP contribution is 2.25. The molecule has 0 saturated heterocycles. The number of hydrogen-bond acceptors (Lipinski definition) is 4. The molecule has 0 aliphatic carbocycles. The monoisotopic (exact) mass is 284 g/mol. The van der Waals surface area contributed by atoms with Crippen molar-refractivity contribution in [2.75, 3.05) is 0 Å². The fourth-order valence-electron chi connectivity index (χ4n) is 1.55. The van der Waals surface area contributed by atoms with Crippen molar-refractivity contribution >= 4 is 17.7 Å². The lowest BCUT2D eigenvalue weighted by Gasteiger charge is -2.17. The average molecular weight is 284 g/mol. The second-order valence-electron chi connectivity index (χ2n) is 5.37. The van der Waals surface area contributed by atoms with Gasteiger partial charge in [0.15, 0.2) is 0 Å². The lowest BCUT2D eigenvalue weighted by Crippen LogP contribution is -2.20. The Hall–Kier alpha value is -1.30. The molecule has 0 aliphatic heterocycles. The molecule has 1 aromatic heterocycles. The molecule has 0 radical (unpaired) electrons. The number of aryl methyl sites for hydroxylation is 1. The summed E-state index contributed by atoms with van der Waals surface area (Å²) >= 11 is 1.70. The summed E-state index contributed by atoms with van der Waals surface area (Å²) in [7, 11) is 0. The van der Waals surface area contributed by atoms with Crippen LogP contribution in [-0.2, 0) is 17.0 Å². The second kappa shape index (κ2) is 6.23. The van der Waals surface area contributed by atoms with Crippen LogP contribution < -0.4 is 5.56 Å². The minimum absolute atomic E-state index is 0.0539. The molecule has 1 heterocycles. The molecule has 0 aromatic carbocycles. The number of carbonyl (C=O) groups is 1. The molecule has 19 heavy (non-hydrogen) atoms. The first-order chi connectivity index (χ1) is 8.69. The lowest BCUT2D eigenvalue weighted by atomic mass is 10.1. The maximum Gasteiger partial charge on any atom is 0.303 e. The standard InChI is InChI=1S/C13H20N2O3S/c1-8-9(5-6-11(16)17)12(18)15-10(14-8)7-19-13(2,3)4/h5-7H2,1-4H3,(H,16,17)(H,14,15,18). The zero-order chi connectivity index (χ0) is 14.6. The van der Waals surface area contributed by atoms with Gasteiger partial charge in [0, 0.05) is 22.4 Å². The Balaban J connectivity index is 2.85. The van der Waals surface area contributed by atoms with Crippen LogP contribution in [0.2, 0.25) is 0 Å². The molecule has 106 valence electrons. The first-order valence-corrected chi connectivity index (χ1v) is 7.12. The Morgan fingerprint density at radius 2 is 2.05 bits per heavy atom. The van der Waals surface area contributed by atoms with Crippen LogP contribution in [0.15, 0.2) is 4.79 Å². The number of rotatable bonds is 5. The van der Waals surface area contributed by atoms with E-state index in [1.165, 1.54) is 0 Å². The molecule has 6 heteroatoms. The molecule has 0 spiro atoms. The molecule has 0 fully saturated rings. The summed E-state index contributed by atoms with van der Waals surface area (Å²) < 4.78 is 0.106. The van der Waals surface area contributed by atoms with Gasteiger partial charge in [0.1, 0.15) is 5.82 Å². The van der Waals surface area contributed by atoms with Crippen LogP contribution >= 0.6 is 11.8 Å². The van der Waals surface area contributed by atoms with Crippen LogP contribution in [0.25, 0.3) is 0 Å². The van der Waals surface area contributed by atoms with Crippen molar-refractivity contribution in [3.05, 3.63) is 27.4 Å². The number of carboxylic acid groups (broad SMARTS) is 1. The van der Waals surface area contributed by atoms with E-state index in [2.05, 4.69) is 30.7 Å². The van der Waals surface area contributed by atoms with Crippen LogP contribution in [0.3, 0.4) is 0 Å². The van der Waals surface area contributed by atoms with Crippen LogP contribution in [0.4, 0.5) is 0 Å². The Morgan fingerprint density at radius 1 is 1.42 bits per heavy atom. The Kier molecular flexibility index (Phi) is 5.17. The van der Waals surface area contributed by atoms with E-state index >= 15 is 0 Å². The Morgan fingerprint density at radius 3 is 2.53 bits per heavy atom. The first kappa shape index (κ1) is 15.8. The third-order valence-corrected chi connectivity index (χ3v) is 3.79. The normalized spacial score (nSPS) is 11.6. The van der Waals surface area contributed by atoms with Gasteiger partial charge in [-0.05, 0) is 13.3 Å². The van der Waals surface area contributed by atoms with Gasteiger partial charge in [-0.3, -0.25) is 9.59 Å². The quantitative estimate of drug-likeness (QED) is 0.865. The highest BCUT2D eigenvalue weighted by Gasteiger charge is 2.14. The SMILES string of the molecule is Cc1nc(CSC(C)(C)C)[nH]c(=O)c1CCC(=O)O. The molecule has 0 unspecified atom stereocenters. The maximum absolute atomic E-state index is 11.9. The largest absolute Gasteiger partial charge is 0.481 e. The van der Waals surface area contributed by atoms with Crippen LogP contribution in [0.1, 0.15) is 44.3 Å². The molecule has 5 nitrogen and oxygen atoms in total. The minimum atomic E-state index is -0.911. The number of nitrogens with one attached hydrogen (secondary N) is 1. The number of H-pyrrole nitrogens is 1. The van der Waals surface area contributed by atoms with Crippen molar-refractivity contribution < 1.29 is 9.90 Å². The number of nitrogens with zero attached hydrogens (tertiary/aromatic N) is 1. The third kappa shape index (κ3) is 5.46. The van der Waals surface area contributed by atoms with Crippen molar-refractivity contribution in [2.45, 2.75) is 51.0 Å². The minimum Gasteiger partial charge on any atom is -0.481 e. The van der Waals surface area contributed by atoms with E-state index in [-0.39, 0.29) is 23.1 Å². The van der Waals surface area contributed by atoms with Crippen molar-refractivity contribution in [2.24, 2.45) is 0 Å². The number of carboxylic acids is 1. The number of thioether (sulfide) groups is 1. The van der Waals surface area contributed by atoms with Gasteiger partial charge in [0.2, 0.25) is 0 Å². The van der Waals surface area contributed by atoms with Gasteiger partial charge in [0.05, 0.1) is 5.75 Å². The molecule has 0 bridgehead atoms. The van der Waals surface area contributed by atoms with Gasteiger partial charge in [-0.25, -0.2) is 4.98 Å². The van der Waals surface area contributed by atoms with E-state index in [9.17, 15) is 9.59 Å². The van der Waals surface area contributed by atoms with E-state index < -0.39 is 5.97 Å². The smallest absolute Gasteiger partial charge is 0.303 e. The van der Waals surface area contributed by atoms with Crippen molar-refractivity contribution in [1.29, 1.82) is 0 Å². The molecule has 0 saturated carbocycles. The number of aromatic nitrogens is 2. The summed E-state index contributed by atoms with van der Waals surface area (Å²) in [6.45, 7) is 8.05. The molecule has 0 atom stereocenters. The lowest BCUT2D eigenvalue weighted by molar-refractivity contribution is -0.136. The van der Waals surface area contributed by atoms with E-state index in [0.717, 1.165) is 0 Å². The van der Waals surface area contributed by atoms with Gasteiger partial charge < -0.3 is 10.1 Å². The second-order valence-corrected chi connectivity index (χ2v) is 7.17. The molecular weight excluding hydrogens is 264 g/mol. The predicted molar refractivity (Wildman–Crippen MR) is 76.6 cm³/mol. The summed E-state index contributed by atoms with van der Waals surface area (Å²) in [5.74, 6) is 0.367.